The number of rotatable bonds is 3. The molecule has 0 aromatic rings. The third-order valence-corrected chi connectivity index (χ3v) is 9.51. The van der Waals surface area contributed by atoms with Crippen molar-refractivity contribution < 1.29 is 38.4 Å². The molecule has 0 aromatic heterocycles. The molecular weight excluding hydrogens is 416 g/mol. The van der Waals surface area contributed by atoms with Gasteiger partial charge in [0.05, 0.1) is 5.92 Å². The fourth-order valence-electron chi connectivity index (χ4n) is 8.55. The van der Waals surface area contributed by atoms with E-state index in [2.05, 4.69) is 20.8 Å². The summed E-state index contributed by atoms with van der Waals surface area (Å²) in [5.41, 5.74) is -1.85. The molecule has 178 valence electrons. The van der Waals surface area contributed by atoms with Crippen LogP contribution in [0.3, 0.4) is 0 Å². The van der Waals surface area contributed by atoms with Gasteiger partial charge in [0.15, 0.2) is 0 Å². The first-order valence-electron chi connectivity index (χ1n) is 11.8. The fraction of sp³-hybridized carbons (Fsp3) is 0.875. The van der Waals surface area contributed by atoms with Gasteiger partial charge in [-0.05, 0) is 48.3 Å². The smallest absolute Gasteiger partial charge is 0.344 e. The first-order valence-corrected chi connectivity index (χ1v) is 11.8. The van der Waals surface area contributed by atoms with Gasteiger partial charge >= 0.3 is 17.9 Å². The van der Waals surface area contributed by atoms with Crippen molar-refractivity contribution in [3.63, 3.8) is 0 Å². The van der Waals surface area contributed by atoms with Gasteiger partial charge in [-0.3, -0.25) is 9.59 Å². The van der Waals surface area contributed by atoms with Gasteiger partial charge in [-0.15, -0.1) is 0 Å². The van der Waals surface area contributed by atoms with Crippen LogP contribution in [-0.2, 0) is 33.3 Å². The molecule has 5 fully saturated rings. The Morgan fingerprint density at radius 2 is 1.72 bits per heavy atom. The molecule has 1 N–H and O–H groups in total. The summed E-state index contributed by atoms with van der Waals surface area (Å²) >= 11 is 0. The number of esters is 3. The maximum atomic E-state index is 12.9. The molecule has 2 saturated heterocycles. The first-order chi connectivity index (χ1) is 14.9. The molecule has 8 nitrogen and oxygen atoms in total. The van der Waals surface area contributed by atoms with Crippen LogP contribution in [0.15, 0.2) is 0 Å². The molecule has 5 rings (SSSR count). The van der Waals surface area contributed by atoms with E-state index in [1.807, 2.05) is 0 Å². The molecule has 0 aromatic carbocycles. The molecular formula is C24H34O8. The molecule has 0 amide bonds. The Labute approximate surface area is 188 Å². The SMILES string of the molecule is CC(=O)OC1O[C@@H]2OC(=O)[C@]3(O)C(OC(C)=O)C(C4CCC5C(C)(C)CCC[C@]45C)[C@H]1C23. The zero-order valence-corrected chi connectivity index (χ0v) is 19.5. The van der Waals surface area contributed by atoms with Gasteiger partial charge in [0, 0.05) is 25.7 Å². The predicted octanol–water partition coefficient (Wildman–Crippen LogP) is 2.56. The molecule has 0 bridgehead atoms. The summed E-state index contributed by atoms with van der Waals surface area (Å²) in [4.78, 5) is 36.8. The second-order valence-corrected chi connectivity index (χ2v) is 11.5. The van der Waals surface area contributed by atoms with Crippen molar-refractivity contribution in [1.82, 2.24) is 0 Å². The number of hydrogen-bond donors (Lipinski definition) is 1. The molecule has 2 aliphatic heterocycles. The van der Waals surface area contributed by atoms with Crippen molar-refractivity contribution in [2.75, 3.05) is 0 Å². The van der Waals surface area contributed by atoms with Crippen LogP contribution in [0.2, 0.25) is 0 Å². The van der Waals surface area contributed by atoms with Crippen LogP contribution in [0.4, 0.5) is 0 Å². The standard InChI is InChI=1S/C24H34O8/c1-11(25)29-18-15(13-7-8-14-22(3,4)9-6-10-23(13,14)5)16-17-20(31-19(16)30-12(2)26)32-21(27)24(17,18)28/h13-20,28H,6-10H2,1-5H3/t13?,14?,15?,16-,17?,18?,19?,20+,23+,24+/m0/s1. The van der Waals surface area contributed by atoms with Crippen molar-refractivity contribution in [3.05, 3.63) is 0 Å². The van der Waals surface area contributed by atoms with Crippen LogP contribution in [-0.4, -0.2) is 47.3 Å². The molecule has 3 saturated carbocycles. The number of fused-ring (bicyclic) bond motifs is 1. The Kier molecular flexibility index (Phi) is 4.79. The topological polar surface area (TPSA) is 108 Å². The number of ether oxygens (including phenoxy) is 4. The molecule has 10 atom stereocenters. The van der Waals surface area contributed by atoms with Gasteiger partial charge in [0.25, 0.3) is 0 Å². The Bertz CT molecular complexity index is 853. The molecule has 0 radical (unpaired) electrons. The van der Waals surface area contributed by atoms with Crippen molar-refractivity contribution >= 4 is 17.9 Å². The molecule has 8 heteroatoms. The summed E-state index contributed by atoms with van der Waals surface area (Å²) in [6.45, 7) is 9.55. The minimum Gasteiger partial charge on any atom is -0.458 e. The minimum absolute atomic E-state index is 0.0391. The summed E-state index contributed by atoms with van der Waals surface area (Å²) in [6.07, 6.45) is 2.23. The van der Waals surface area contributed by atoms with E-state index in [0.29, 0.717) is 5.92 Å². The van der Waals surface area contributed by atoms with E-state index in [1.165, 1.54) is 20.3 Å². The van der Waals surface area contributed by atoms with Crippen LogP contribution in [0.5, 0.6) is 0 Å². The second-order valence-electron chi connectivity index (χ2n) is 11.5. The number of carbonyl (C=O) groups is 3. The van der Waals surface area contributed by atoms with Crippen molar-refractivity contribution in [2.24, 2.45) is 40.4 Å². The van der Waals surface area contributed by atoms with Gasteiger partial charge in [0.1, 0.15) is 6.10 Å². The summed E-state index contributed by atoms with van der Waals surface area (Å²) in [7, 11) is 0. The fourth-order valence-corrected chi connectivity index (χ4v) is 8.55. The summed E-state index contributed by atoms with van der Waals surface area (Å²) in [5, 5.41) is 11.7. The van der Waals surface area contributed by atoms with Gasteiger partial charge in [-0.2, -0.15) is 0 Å². The third kappa shape index (κ3) is 2.77. The highest BCUT2D eigenvalue weighted by Gasteiger charge is 2.80. The van der Waals surface area contributed by atoms with Crippen molar-refractivity contribution in [2.45, 2.75) is 91.0 Å². The van der Waals surface area contributed by atoms with Crippen LogP contribution in [0.1, 0.15) is 66.7 Å². The highest BCUT2D eigenvalue weighted by Crippen LogP contribution is 2.69. The van der Waals surface area contributed by atoms with E-state index < -0.39 is 54.0 Å². The lowest BCUT2D eigenvalue weighted by molar-refractivity contribution is -0.212. The average molecular weight is 451 g/mol. The number of carbonyl (C=O) groups excluding carboxylic acids is 3. The zero-order valence-electron chi connectivity index (χ0n) is 19.5. The zero-order chi connectivity index (χ0) is 23.2. The number of aliphatic hydroxyl groups is 1. The van der Waals surface area contributed by atoms with Crippen LogP contribution in [0.25, 0.3) is 0 Å². The Morgan fingerprint density at radius 3 is 2.38 bits per heavy atom. The molecule has 6 unspecified atom stereocenters. The van der Waals surface area contributed by atoms with E-state index in [-0.39, 0.29) is 22.7 Å². The second kappa shape index (κ2) is 6.92. The van der Waals surface area contributed by atoms with E-state index in [9.17, 15) is 19.5 Å². The quantitative estimate of drug-likeness (QED) is 0.516. The molecule has 5 aliphatic rings. The minimum atomic E-state index is -2.00. The first kappa shape index (κ1) is 22.1. The van der Waals surface area contributed by atoms with E-state index in [4.69, 9.17) is 18.9 Å². The van der Waals surface area contributed by atoms with E-state index >= 15 is 0 Å². The average Bonchev–Trinajstić information content (AvgIpc) is 3.32. The largest absolute Gasteiger partial charge is 0.458 e. The van der Waals surface area contributed by atoms with Gasteiger partial charge in [-0.1, -0.05) is 27.2 Å². The Hall–Kier alpha value is -1.67. The molecule has 0 spiro atoms. The Balaban J connectivity index is 1.61. The monoisotopic (exact) mass is 450 g/mol. The maximum absolute atomic E-state index is 12.9. The summed E-state index contributed by atoms with van der Waals surface area (Å²) < 4.78 is 22.4. The summed E-state index contributed by atoms with van der Waals surface area (Å²) in [6, 6.07) is 0. The van der Waals surface area contributed by atoms with Gasteiger partial charge < -0.3 is 24.1 Å². The Morgan fingerprint density at radius 1 is 1.03 bits per heavy atom. The highest BCUT2D eigenvalue weighted by atomic mass is 16.8. The highest BCUT2D eigenvalue weighted by molar-refractivity contribution is 5.85. The lowest BCUT2D eigenvalue weighted by atomic mass is 9.53. The summed E-state index contributed by atoms with van der Waals surface area (Å²) in [5.74, 6) is -2.92. The number of hydrogen-bond acceptors (Lipinski definition) is 8. The van der Waals surface area contributed by atoms with Crippen molar-refractivity contribution in [3.8, 4) is 0 Å². The van der Waals surface area contributed by atoms with E-state index in [1.54, 1.807) is 0 Å². The van der Waals surface area contributed by atoms with Gasteiger partial charge in [0.2, 0.25) is 18.2 Å². The van der Waals surface area contributed by atoms with Gasteiger partial charge in [-0.25, -0.2) is 4.79 Å². The van der Waals surface area contributed by atoms with Crippen LogP contribution < -0.4 is 0 Å². The maximum Gasteiger partial charge on any atom is 0.344 e. The van der Waals surface area contributed by atoms with Crippen molar-refractivity contribution in [1.29, 1.82) is 0 Å². The van der Waals surface area contributed by atoms with E-state index in [0.717, 1.165) is 25.7 Å². The van der Waals surface area contributed by atoms with Crippen LogP contribution in [0, 0.1) is 40.4 Å². The lowest BCUT2D eigenvalue weighted by Crippen LogP contribution is -2.53. The normalized spacial score (nSPS) is 50.5. The van der Waals surface area contributed by atoms with Crippen LogP contribution >= 0.6 is 0 Å². The predicted molar refractivity (Wildman–Crippen MR) is 109 cm³/mol. The molecule has 3 aliphatic carbocycles. The molecule has 32 heavy (non-hydrogen) atoms. The molecule has 2 heterocycles. The lowest BCUT2D eigenvalue weighted by Gasteiger charge is -2.52. The third-order valence-electron chi connectivity index (χ3n) is 9.51.